The summed E-state index contributed by atoms with van der Waals surface area (Å²) in [4.78, 5) is 0. The van der Waals surface area contributed by atoms with E-state index in [9.17, 15) is 4.39 Å². The van der Waals surface area contributed by atoms with Gasteiger partial charge in [-0.2, -0.15) is 0 Å². The van der Waals surface area contributed by atoms with Crippen LogP contribution in [0.1, 0.15) is 25.0 Å². The lowest BCUT2D eigenvalue weighted by atomic mass is 10.2. The summed E-state index contributed by atoms with van der Waals surface area (Å²) in [7, 11) is 0. The minimum atomic E-state index is -0.634. The Hall–Kier alpha value is -0.800. The van der Waals surface area contributed by atoms with Crippen LogP contribution in [0.3, 0.4) is 0 Å². The summed E-state index contributed by atoms with van der Waals surface area (Å²) in [6.45, 7) is 3.73. The number of hydrogen-bond acceptors (Lipinski definition) is 2. The van der Waals surface area contributed by atoms with E-state index in [4.69, 9.17) is 22.1 Å². The standard InChI is InChI=1S/C10H13ClFNO/c1-6(2)14-10(11)7-3-4-9(13)8(12)5-7/h3-6,10H,13H2,1-2H3. The quantitative estimate of drug-likeness (QED) is 0.624. The average Bonchev–Trinajstić information content (AvgIpc) is 2.08. The molecular weight excluding hydrogens is 205 g/mol. The number of nitrogen functional groups attached to an aromatic ring is 1. The Labute approximate surface area is 87.8 Å². The molecule has 0 spiro atoms. The first kappa shape index (κ1) is 11.3. The SMILES string of the molecule is CC(C)OC(Cl)c1ccc(N)c(F)c1. The molecule has 4 heteroatoms. The van der Waals surface area contributed by atoms with Gasteiger partial charge in [-0.15, -0.1) is 0 Å². The van der Waals surface area contributed by atoms with Crippen LogP contribution in [0.4, 0.5) is 10.1 Å². The van der Waals surface area contributed by atoms with Crippen LogP contribution in [0.25, 0.3) is 0 Å². The van der Waals surface area contributed by atoms with Gasteiger partial charge in [0, 0.05) is 0 Å². The summed E-state index contributed by atoms with van der Waals surface area (Å²) >= 11 is 5.90. The van der Waals surface area contributed by atoms with E-state index in [1.165, 1.54) is 12.1 Å². The summed E-state index contributed by atoms with van der Waals surface area (Å²) in [6.07, 6.45) is -0.00175. The Balaban J connectivity index is 2.80. The van der Waals surface area contributed by atoms with E-state index in [0.717, 1.165) is 0 Å². The topological polar surface area (TPSA) is 35.2 Å². The second kappa shape index (κ2) is 4.62. The van der Waals surface area contributed by atoms with Crippen LogP contribution >= 0.6 is 11.6 Å². The number of alkyl halides is 1. The van der Waals surface area contributed by atoms with Crippen molar-refractivity contribution in [3.8, 4) is 0 Å². The first-order chi connectivity index (χ1) is 6.50. The Morgan fingerprint density at radius 3 is 2.57 bits per heavy atom. The van der Waals surface area contributed by atoms with E-state index in [2.05, 4.69) is 0 Å². The maximum absolute atomic E-state index is 13.0. The summed E-state index contributed by atoms with van der Waals surface area (Å²) in [5, 5.41) is 0. The normalized spacial score (nSPS) is 13.2. The number of rotatable bonds is 3. The van der Waals surface area contributed by atoms with Gasteiger partial charge in [0.15, 0.2) is 5.56 Å². The van der Waals surface area contributed by atoms with Crippen molar-refractivity contribution in [3.05, 3.63) is 29.6 Å². The lowest BCUT2D eigenvalue weighted by Crippen LogP contribution is -2.06. The molecule has 0 aliphatic heterocycles. The van der Waals surface area contributed by atoms with E-state index in [0.29, 0.717) is 5.56 Å². The smallest absolute Gasteiger partial charge is 0.157 e. The summed E-state index contributed by atoms with van der Waals surface area (Å²) in [5.74, 6) is -0.472. The molecule has 0 aliphatic carbocycles. The van der Waals surface area contributed by atoms with Crippen molar-refractivity contribution in [1.82, 2.24) is 0 Å². The van der Waals surface area contributed by atoms with Crippen molar-refractivity contribution in [3.63, 3.8) is 0 Å². The molecule has 78 valence electrons. The van der Waals surface area contributed by atoms with Gasteiger partial charge in [-0.05, 0) is 31.5 Å². The molecular formula is C10H13ClFNO. The van der Waals surface area contributed by atoms with E-state index < -0.39 is 11.4 Å². The highest BCUT2D eigenvalue weighted by Gasteiger charge is 2.11. The van der Waals surface area contributed by atoms with Crippen molar-refractivity contribution in [2.24, 2.45) is 0 Å². The van der Waals surface area contributed by atoms with Crippen molar-refractivity contribution < 1.29 is 9.13 Å². The zero-order valence-corrected chi connectivity index (χ0v) is 8.88. The fraction of sp³-hybridized carbons (Fsp3) is 0.400. The van der Waals surface area contributed by atoms with Crippen LogP contribution in [-0.4, -0.2) is 6.10 Å². The lowest BCUT2D eigenvalue weighted by Gasteiger charge is -2.14. The first-order valence-corrected chi connectivity index (χ1v) is 4.79. The van der Waals surface area contributed by atoms with Gasteiger partial charge in [-0.1, -0.05) is 17.7 Å². The molecule has 0 saturated carbocycles. The third-order valence-corrected chi connectivity index (χ3v) is 2.03. The van der Waals surface area contributed by atoms with Crippen LogP contribution < -0.4 is 5.73 Å². The van der Waals surface area contributed by atoms with E-state index >= 15 is 0 Å². The highest BCUT2D eigenvalue weighted by atomic mass is 35.5. The van der Waals surface area contributed by atoms with E-state index in [-0.39, 0.29) is 11.8 Å². The van der Waals surface area contributed by atoms with Gasteiger partial charge in [0.1, 0.15) is 5.82 Å². The second-order valence-corrected chi connectivity index (χ2v) is 3.68. The fourth-order valence-corrected chi connectivity index (χ4v) is 1.34. The molecule has 1 atom stereocenters. The van der Waals surface area contributed by atoms with Crippen LogP contribution in [0.2, 0.25) is 0 Å². The number of anilines is 1. The van der Waals surface area contributed by atoms with Crippen molar-refractivity contribution in [1.29, 1.82) is 0 Å². The van der Waals surface area contributed by atoms with Gasteiger partial charge in [0.25, 0.3) is 0 Å². The average molecular weight is 218 g/mol. The minimum absolute atomic E-state index is 0.00175. The van der Waals surface area contributed by atoms with Gasteiger partial charge >= 0.3 is 0 Å². The molecule has 0 aliphatic rings. The molecule has 0 aromatic heterocycles. The Morgan fingerprint density at radius 1 is 1.43 bits per heavy atom. The van der Waals surface area contributed by atoms with Gasteiger partial charge in [-0.25, -0.2) is 4.39 Å². The molecule has 0 radical (unpaired) electrons. The van der Waals surface area contributed by atoms with Gasteiger partial charge in [0.05, 0.1) is 11.8 Å². The number of halogens is 2. The largest absolute Gasteiger partial charge is 0.396 e. The Kier molecular flexibility index (Phi) is 3.72. The van der Waals surface area contributed by atoms with E-state index in [1.54, 1.807) is 6.07 Å². The number of hydrogen-bond donors (Lipinski definition) is 1. The zero-order chi connectivity index (χ0) is 10.7. The number of ether oxygens (including phenoxy) is 1. The zero-order valence-electron chi connectivity index (χ0n) is 8.13. The number of benzene rings is 1. The third-order valence-electron chi connectivity index (χ3n) is 1.68. The molecule has 14 heavy (non-hydrogen) atoms. The molecule has 2 nitrogen and oxygen atoms in total. The molecule has 1 rings (SSSR count). The molecule has 1 aromatic carbocycles. The van der Waals surface area contributed by atoms with Crippen LogP contribution in [0.15, 0.2) is 18.2 Å². The molecule has 0 bridgehead atoms. The maximum Gasteiger partial charge on any atom is 0.157 e. The van der Waals surface area contributed by atoms with Crippen molar-refractivity contribution in [2.45, 2.75) is 25.5 Å². The highest BCUT2D eigenvalue weighted by Crippen LogP contribution is 2.25. The number of nitrogens with two attached hydrogens (primary N) is 1. The van der Waals surface area contributed by atoms with Gasteiger partial charge < -0.3 is 10.5 Å². The molecule has 1 aromatic rings. The van der Waals surface area contributed by atoms with E-state index in [1.807, 2.05) is 13.8 Å². The lowest BCUT2D eigenvalue weighted by molar-refractivity contribution is 0.0544. The van der Waals surface area contributed by atoms with Crippen LogP contribution in [-0.2, 0) is 4.74 Å². The molecule has 2 N–H and O–H groups in total. The Bertz CT molecular complexity index is 317. The summed E-state index contributed by atoms with van der Waals surface area (Å²) in [5.41, 5.74) is 5.39. The second-order valence-electron chi connectivity index (χ2n) is 3.28. The Morgan fingerprint density at radius 2 is 2.07 bits per heavy atom. The molecule has 0 fully saturated rings. The monoisotopic (exact) mass is 217 g/mol. The predicted molar refractivity (Wildman–Crippen MR) is 55.6 cm³/mol. The van der Waals surface area contributed by atoms with Crippen molar-refractivity contribution in [2.75, 3.05) is 5.73 Å². The van der Waals surface area contributed by atoms with Crippen LogP contribution in [0.5, 0.6) is 0 Å². The minimum Gasteiger partial charge on any atom is -0.396 e. The first-order valence-electron chi connectivity index (χ1n) is 4.35. The maximum atomic E-state index is 13.0. The van der Waals surface area contributed by atoms with Gasteiger partial charge in [0.2, 0.25) is 0 Å². The third kappa shape index (κ3) is 2.86. The summed E-state index contributed by atoms with van der Waals surface area (Å²) < 4.78 is 18.3. The molecule has 0 saturated heterocycles. The van der Waals surface area contributed by atoms with Gasteiger partial charge in [-0.3, -0.25) is 0 Å². The molecule has 1 unspecified atom stereocenters. The fourth-order valence-electron chi connectivity index (χ4n) is 1.00. The van der Waals surface area contributed by atoms with Crippen molar-refractivity contribution >= 4 is 17.3 Å². The van der Waals surface area contributed by atoms with Crippen LogP contribution in [0, 0.1) is 5.82 Å². The highest BCUT2D eigenvalue weighted by molar-refractivity contribution is 6.19. The summed E-state index contributed by atoms with van der Waals surface area (Å²) in [6, 6.07) is 4.41. The predicted octanol–water partition coefficient (Wildman–Crippen LogP) is 3.07. The molecule has 0 heterocycles. The molecule has 0 amide bonds.